The minimum Gasteiger partial charge on any atom is -0.478 e. The molecule has 0 aliphatic rings. The zero-order valence-electron chi connectivity index (χ0n) is 7.46. The summed E-state index contributed by atoms with van der Waals surface area (Å²) < 4.78 is 0.873. The van der Waals surface area contributed by atoms with Crippen molar-refractivity contribution in [3.8, 4) is 0 Å². The van der Waals surface area contributed by atoms with Crippen molar-refractivity contribution in [3.05, 3.63) is 33.8 Å². The molecule has 0 radical (unpaired) electrons. The SMILES string of the molecule is O=C(O)c1cccc(Br)c1CCCBr. The average molecular weight is 322 g/mol. The van der Waals surface area contributed by atoms with Gasteiger partial charge in [-0.15, -0.1) is 0 Å². The van der Waals surface area contributed by atoms with Crippen LogP contribution in [-0.4, -0.2) is 16.4 Å². The lowest BCUT2D eigenvalue weighted by Crippen LogP contribution is -2.03. The smallest absolute Gasteiger partial charge is 0.336 e. The highest BCUT2D eigenvalue weighted by atomic mass is 79.9. The van der Waals surface area contributed by atoms with E-state index in [1.807, 2.05) is 6.07 Å². The third-order valence-electron chi connectivity index (χ3n) is 1.91. The van der Waals surface area contributed by atoms with Crippen LogP contribution in [0.2, 0.25) is 0 Å². The van der Waals surface area contributed by atoms with Gasteiger partial charge in [0.15, 0.2) is 0 Å². The molecule has 0 amide bonds. The van der Waals surface area contributed by atoms with Gasteiger partial charge in [-0.1, -0.05) is 37.9 Å². The maximum atomic E-state index is 10.9. The van der Waals surface area contributed by atoms with Gasteiger partial charge in [0.2, 0.25) is 0 Å². The summed E-state index contributed by atoms with van der Waals surface area (Å²) in [5, 5.41) is 9.84. The summed E-state index contributed by atoms with van der Waals surface area (Å²) in [6.07, 6.45) is 1.71. The minimum absolute atomic E-state index is 0.389. The highest BCUT2D eigenvalue weighted by molar-refractivity contribution is 9.10. The number of rotatable bonds is 4. The molecule has 0 saturated heterocycles. The summed E-state index contributed by atoms with van der Waals surface area (Å²) >= 11 is 6.70. The van der Waals surface area contributed by atoms with Gasteiger partial charge in [-0.3, -0.25) is 0 Å². The summed E-state index contributed by atoms with van der Waals surface area (Å²) in [6, 6.07) is 5.25. The normalized spacial score (nSPS) is 10.1. The zero-order chi connectivity index (χ0) is 10.6. The predicted molar refractivity (Wildman–Crippen MR) is 63.2 cm³/mol. The van der Waals surface area contributed by atoms with Crippen molar-refractivity contribution < 1.29 is 9.90 Å². The molecule has 0 saturated carbocycles. The predicted octanol–water partition coefficient (Wildman–Crippen LogP) is 3.47. The highest BCUT2D eigenvalue weighted by Gasteiger charge is 2.11. The maximum absolute atomic E-state index is 10.9. The number of carboxylic acids is 1. The van der Waals surface area contributed by atoms with E-state index in [0.717, 1.165) is 28.2 Å². The molecule has 1 aromatic carbocycles. The number of benzene rings is 1. The first kappa shape index (κ1) is 11.7. The van der Waals surface area contributed by atoms with E-state index < -0.39 is 5.97 Å². The molecule has 0 aliphatic heterocycles. The molecule has 0 spiro atoms. The van der Waals surface area contributed by atoms with Gasteiger partial charge in [-0.2, -0.15) is 0 Å². The lowest BCUT2D eigenvalue weighted by Gasteiger charge is -2.07. The Labute approximate surface area is 99.6 Å². The lowest BCUT2D eigenvalue weighted by molar-refractivity contribution is 0.0695. The Kier molecular flexibility index (Phi) is 4.62. The van der Waals surface area contributed by atoms with Crippen LogP contribution in [0.15, 0.2) is 22.7 Å². The van der Waals surface area contributed by atoms with Crippen molar-refractivity contribution in [3.63, 3.8) is 0 Å². The first-order chi connectivity index (χ1) is 6.66. The van der Waals surface area contributed by atoms with E-state index in [2.05, 4.69) is 31.9 Å². The molecule has 0 bridgehead atoms. The van der Waals surface area contributed by atoms with Crippen molar-refractivity contribution in [2.24, 2.45) is 0 Å². The second-order valence-electron chi connectivity index (χ2n) is 2.86. The molecule has 0 aliphatic carbocycles. The minimum atomic E-state index is -0.865. The van der Waals surface area contributed by atoms with Gasteiger partial charge in [-0.05, 0) is 30.5 Å². The number of carbonyl (C=O) groups is 1. The van der Waals surface area contributed by atoms with Gasteiger partial charge in [0.1, 0.15) is 0 Å². The van der Waals surface area contributed by atoms with Crippen LogP contribution in [0.3, 0.4) is 0 Å². The van der Waals surface area contributed by atoms with Gasteiger partial charge in [-0.25, -0.2) is 4.79 Å². The molecular formula is C10H10Br2O2. The number of alkyl halides is 1. The summed E-state index contributed by atoms with van der Waals surface area (Å²) in [5.41, 5.74) is 1.26. The standard InChI is InChI=1S/C10H10Br2O2/c11-6-2-4-7-8(10(13)14)3-1-5-9(7)12/h1,3,5H,2,4,6H2,(H,13,14). The Balaban J connectivity index is 3.02. The van der Waals surface area contributed by atoms with E-state index in [0.29, 0.717) is 5.56 Å². The maximum Gasteiger partial charge on any atom is 0.336 e. The molecule has 0 aromatic heterocycles. The topological polar surface area (TPSA) is 37.3 Å². The van der Waals surface area contributed by atoms with Crippen LogP contribution in [0.5, 0.6) is 0 Å². The molecule has 0 fully saturated rings. The van der Waals surface area contributed by atoms with E-state index in [1.54, 1.807) is 12.1 Å². The number of aromatic carboxylic acids is 1. The summed E-state index contributed by atoms with van der Waals surface area (Å²) in [5.74, 6) is -0.865. The first-order valence-corrected chi connectivity index (χ1v) is 6.15. The van der Waals surface area contributed by atoms with Crippen molar-refractivity contribution in [1.82, 2.24) is 0 Å². The van der Waals surface area contributed by atoms with Gasteiger partial charge in [0, 0.05) is 9.80 Å². The molecule has 2 nitrogen and oxygen atoms in total. The molecule has 0 atom stereocenters. The lowest BCUT2D eigenvalue weighted by atomic mass is 10.0. The molecule has 4 heteroatoms. The van der Waals surface area contributed by atoms with E-state index in [-0.39, 0.29) is 0 Å². The van der Waals surface area contributed by atoms with Crippen molar-refractivity contribution in [1.29, 1.82) is 0 Å². The summed E-state index contributed by atoms with van der Waals surface area (Å²) in [6.45, 7) is 0. The second kappa shape index (κ2) is 5.51. The fourth-order valence-electron chi connectivity index (χ4n) is 1.26. The molecule has 76 valence electrons. The quantitative estimate of drug-likeness (QED) is 0.862. The Morgan fingerprint density at radius 1 is 1.43 bits per heavy atom. The molecule has 14 heavy (non-hydrogen) atoms. The van der Waals surface area contributed by atoms with E-state index >= 15 is 0 Å². The molecule has 1 rings (SSSR count). The van der Waals surface area contributed by atoms with Gasteiger partial charge >= 0.3 is 5.97 Å². The van der Waals surface area contributed by atoms with Crippen molar-refractivity contribution in [2.75, 3.05) is 5.33 Å². The van der Waals surface area contributed by atoms with Crippen LogP contribution in [0.1, 0.15) is 22.3 Å². The molecule has 0 unspecified atom stereocenters. The molecule has 0 heterocycles. The van der Waals surface area contributed by atoms with Crippen molar-refractivity contribution >= 4 is 37.8 Å². The van der Waals surface area contributed by atoms with Crippen LogP contribution < -0.4 is 0 Å². The third kappa shape index (κ3) is 2.82. The van der Waals surface area contributed by atoms with Crippen LogP contribution >= 0.6 is 31.9 Å². The van der Waals surface area contributed by atoms with E-state index in [9.17, 15) is 4.79 Å². The largest absolute Gasteiger partial charge is 0.478 e. The number of hydrogen-bond donors (Lipinski definition) is 1. The van der Waals surface area contributed by atoms with Crippen LogP contribution in [0.4, 0.5) is 0 Å². The average Bonchev–Trinajstić information content (AvgIpc) is 2.15. The number of halogens is 2. The third-order valence-corrected chi connectivity index (χ3v) is 3.21. The molecular weight excluding hydrogens is 312 g/mol. The Morgan fingerprint density at radius 3 is 2.71 bits per heavy atom. The van der Waals surface area contributed by atoms with Gasteiger partial charge in [0.25, 0.3) is 0 Å². The number of carboxylic acid groups (broad SMARTS) is 1. The molecule has 1 aromatic rings. The second-order valence-corrected chi connectivity index (χ2v) is 4.51. The Hall–Kier alpha value is -0.350. The fourth-order valence-corrected chi connectivity index (χ4v) is 2.10. The Bertz CT molecular complexity index is 337. The van der Waals surface area contributed by atoms with Crippen LogP contribution in [0.25, 0.3) is 0 Å². The summed E-state index contributed by atoms with van der Waals surface area (Å²) in [7, 11) is 0. The summed E-state index contributed by atoms with van der Waals surface area (Å²) in [4.78, 5) is 10.9. The zero-order valence-corrected chi connectivity index (χ0v) is 10.6. The molecule has 1 N–H and O–H groups in total. The van der Waals surface area contributed by atoms with Crippen molar-refractivity contribution in [2.45, 2.75) is 12.8 Å². The van der Waals surface area contributed by atoms with Gasteiger partial charge in [0.05, 0.1) is 5.56 Å². The highest BCUT2D eigenvalue weighted by Crippen LogP contribution is 2.22. The monoisotopic (exact) mass is 320 g/mol. The Morgan fingerprint density at radius 2 is 2.14 bits per heavy atom. The van der Waals surface area contributed by atoms with E-state index in [4.69, 9.17) is 5.11 Å². The fraction of sp³-hybridized carbons (Fsp3) is 0.300. The van der Waals surface area contributed by atoms with E-state index in [1.165, 1.54) is 0 Å². The number of hydrogen-bond acceptors (Lipinski definition) is 1. The first-order valence-electron chi connectivity index (χ1n) is 4.23. The van der Waals surface area contributed by atoms with Crippen LogP contribution in [0, 0.1) is 0 Å². The van der Waals surface area contributed by atoms with Gasteiger partial charge < -0.3 is 5.11 Å². The van der Waals surface area contributed by atoms with Crippen LogP contribution in [-0.2, 0) is 6.42 Å².